The van der Waals surface area contributed by atoms with E-state index in [1.165, 1.54) is 0 Å². The molecule has 3 nitrogen and oxygen atoms in total. The van der Waals surface area contributed by atoms with Gasteiger partial charge in [-0.05, 0) is 6.92 Å². The molecule has 1 aliphatic heterocycles. The van der Waals surface area contributed by atoms with Crippen LogP contribution in [0.4, 0.5) is 0 Å². The molecule has 1 fully saturated rings. The molecule has 1 N–H and O–H groups in total. The van der Waals surface area contributed by atoms with Crippen molar-refractivity contribution in [3.63, 3.8) is 0 Å². The Bertz CT molecular complexity index is 204. The van der Waals surface area contributed by atoms with Gasteiger partial charge in [-0.15, -0.1) is 5.92 Å². The van der Waals surface area contributed by atoms with E-state index in [0.29, 0.717) is 19.6 Å². The fourth-order valence-corrected chi connectivity index (χ4v) is 1.34. The smallest absolute Gasteiger partial charge is 0.155 e. The van der Waals surface area contributed by atoms with Crippen molar-refractivity contribution in [2.24, 2.45) is 0 Å². The summed E-state index contributed by atoms with van der Waals surface area (Å²) in [5.41, 5.74) is -1.01. The zero-order chi connectivity index (χ0) is 9.03. The van der Waals surface area contributed by atoms with E-state index in [2.05, 4.69) is 11.8 Å². The maximum absolute atomic E-state index is 9.95. The fourth-order valence-electron chi connectivity index (χ4n) is 1.34. The van der Waals surface area contributed by atoms with Crippen molar-refractivity contribution in [1.82, 2.24) is 0 Å². The number of methoxy groups -OCH3 is 1. The monoisotopic (exact) mass is 170 g/mol. The van der Waals surface area contributed by atoms with Crippen molar-refractivity contribution in [2.45, 2.75) is 25.0 Å². The molecular weight excluding hydrogens is 156 g/mol. The van der Waals surface area contributed by atoms with E-state index in [1.807, 2.05) is 0 Å². The standard InChI is InChI=1S/C9H14O3/c1-3-4-9(10)5-6-12-7-8(9)11-2/h8,10H,5-7H2,1-2H3. The van der Waals surface area contributed by atoms with E-state index in [4.69, 9.17) is 9.47 Å². The number of hydrogen-bond acceptors (Lipinski definition) is 3. The summed E-state index contributed by atoms with van der Waals surface area (Å²) in [6, 6.07) is 0. The summed E-state index contributed by atoms with van der Waals surface area (Å²) < 4.78 is 10.2. The van der Waals surface area contributed by atoms with E-state index >= 15 is 0 Å². The van der Waals surface area contributed by atoms with Crippen molar-refractivity contribution in [3.05, 3.63) is 0 Å². The van der Waals surface area contributed by atoms with Gasteiger partial charge >= 0.3 is 0 Å². The molecular formula is C9H14O3. The second-order valence-corrected chi connectivity index (χ2v) is 2.85. The van der Waals surface area contributed by atoms with Crippen LogP contribution < -0.4 is 0 Å². The third-order valence-corrected chi connectivity index (χ3v) is 2.06. The molecule has 0 aromatic heterocycles. The SMILES string of the molecule is CC#CC1(O)CCOCC1OC. The average Bonchev–Trinajstić information content (AvgIpc) is 2.05. The quantitative estimate of drug-likeness (QED) is 0.570. The lowest BCUT2D eigenvalue weighted by Gasteiger charge is -2.34. The van der Waals surface area contributed by atoms with E-state index in [0.717, 1.165) is 0 Å². The van der Waals surface area contributed by atoms with Crippen LogP contribution in [0.1, 0.15) is 13.3 Å². The topological polar surface area (TPSA) is 38.7 Å². The van der Waals surface area contributed by atoms with Gasteiger partial charge in [-0.3, -0.25) is 0 Å². The Kier molecular flexibility index (Phi) is 3.10. The van der Waals surface area contributed by atoms with Gasteiger partial charge in [0.15, 0.2) is 5.60 Å². The van der Waals surface area contributed by atoms with E-state index < -0.39 is 5.60 Å². The van der Waals surface area contributed by atoms with Gasteiger partial charge < -0.3 is 14.6 Å². The summed E-state index contributed by atoms with van der Waals surface area (Å²) in [6.07, 6.45) is 0.200. The first kappa shape index (κ1) is 9.53. The Hall–Kier alpha value is -0.560. The van der Waals surface area contributed by atoms with E-state index in [-0.39, 0.29) is 6.10 Å². The predicted molar refractivity (Wildman–Crippen MR) is 44.6 cm³/mol. The molecule has 1 saturated heterocycles. The molecule has 68 valence electrons. The van der Waals surface area contributed by atoms with Gasteiger partial charge in [0.25, 0.3) is 0 Å². The molecule has 3 heteroatoms. The molecule has 0 spiro atoms. The van der Waals surface area contributed by atoms with Gasteiger partial charge in [0.1, 0.15) is 6.10 Å². The van der Waals surface area contributed by atoms with E-state index in [9.17, 15) is 5.11 Å². The van der Waals surface area contributed by atoms with Crippen LogP contribution in [0.15, 0.2) is 0 Å². The van der Waals surface area contributed by atoms with Crippen LogP contribution in [0.5, 0.6) is 0 Å². The molecule has 0 bridgehead atoms. The summed E-state index contributed by atoms with van der Waals surface area (Å²) >= 11 is 0. The van der Waals surface area contributed by atoms with Crippen molar-refractivity contribution >= 4 is 0 Å². The van der Waals surface area contributed by atoms with Crippen LogP contribution in [-0.2, 0) is 9.47 Å². The van der Waals surface area contributed by atoms with Crippen molar-refractivity contribution in [1.29, 1.82) is 0 Å². The molecule has 0 aromatic rings. The van der Waals surface area contributed by atoms with Crippen LogP contribution in [0, 0.1) is 11.8 Å². The average molecular weight is 170 g/mol. The molecule has 0 saturated carbocycles. The minimum atomic E-state index is -1.01. The Morgan fingerprint density at radius 2 is 2.42 bits per heavy atom. The maximum atomic E-state index is 9.95. The zero-order valence-corrected chi connectivity index (χ0v) is 7.46. The highest BCUT2D eigenvalue weighted by Gasteiger charge is 2.38. The molecule has 1 rings (SSSR count). The zero-order valence-electron chi connectivity index (χ0n) is 7.46. The lowest BCUT2D eigenvalue weighted by Crippen LogP contribution is -2.49. The first-order valence-electron chi connectivity index (χ1n) is 4.00. The number of rotatable bonds is 1. The summed E-state index contributed by atoms with van der Waals surface area (Å²) in [5.74, 6) is 5.47. The number of aliphatic hydroxyl groups is 1. The van der Waals surface area contributed by atoms with Gasteiger partial charge in [0, 0.05) is 13.5 Å². The summed E-state index contributed by atoms with van der Waals surface area (Å²) in [5, 5.41) is 9.95. The van der Waals surface area contributed by atoms with Gasteiger partial charge in [0.05, 0.1) is 13.2 Å². The third kappa shape index (κ3) is 1.78. The summed E-state index contributed by atoms with van der Waals surface area (Å²) in [4.78, 5) is 0. The highest BCUT2D eigenvalue weighted by molar-refractivity contribution is 5.16. The van der Waals surface area contributed by atoms with Crippen LogP contribution in [0.3, 0.4) is 0 Å². The molecule has 1 aliphatic rings. The lowest BCUT2D eigenvalue weighted by molar-refractivity contribution is -0.136. The van der Waals surface area contributed by atoms with Gasteiger partial charge in [-0.2, -0.15) is 0 Å². The van der Waals surface area contributed by atoms with Gasteiger partial charge in [-0.25, -0.2) is 0 Å². The number of ether oxygens (including phenoxy) is 2. The van der Waals surface area contributed by atoms with Gasteiger partial charge in [-0.1, -0.05) is 5.92 Å². The third-order valence-electron chi connectivity index (χ3n) is 2.06. The maximum Gasteiger partial charge on any atom is 0.155 e. The minimum absolute atomic E-state index is 0.321. The number of hydrogen-bond donors (Lipinski definition) is 1. The summed E-state index contributed by atoms with van der Waals surface area (Å²) in [6.45, 7) is 2.67. The fraction of sp³-hybridized carbons (Fsp3) is 0.778. The van der Waals surface area contributed by atoms with Crippen molar-refractivity contribution in [2.75, 3.05) is 20.3 Å². The highest BCUT2D eigenvalue weighted by Crippen LogP contribution is 2.22. The Balaban J connectivity index is 2.73. The van der Waals surface area contributed by atoms with E-state index in [1.54, 1.807) is 14.0 Å². The highest BCUT2D eigenvalue weighted by atomic mass is 16.5. The van der Waals surface area contributed by atoms with Crippen LogP contribution in [0.25, 0.3) is 0 Å². The Morgan fingerprint density at radius 1 is 1.67 bits per heavy atom. The van der Waals surface area contributed by atoms with Crippen LogP contribution >= 0.6 is 0 Å². The minimum Gasteiger partial charge on any atom is -0.378 e. The summed E-state index contributed by atoms with van der Waals surface area (Å²) in [7, 11) is 1.56. The molecule has 2 unspecified atom stereocenters. The second kappa shape index (κ2) is 3.90. The molecule has 0 amide bonds. The molecule has 0 aromatic carbocycles. The predicted octanol–water partition coefficient (Wildman–Crippen LogP) is 0.176. The van der Waals surface area contributed by atoms with Crippen molar-refractivity contribution in [3.8, 4) is 11.8 Å². The molecule has 0 aliphatic carbocycles. The van der Waals surface area contributed by atoms with Gasteiger partial charge in [0.2, 0.25) is 0 Å². The first-order valence-corrected chi connectivity index (χ1v) is 4.00. The molecule has 2 atom stereocenters. The van der Waals surface area contributed by atoms with Crippen LogP contribution in [0.2, 0.25) is 0 Å². The van der Waals surface area contributed by atoms with Crippen LogP contribution in [-0.4, -0.2) is 37.1 Å². The first-order chi connectivity index (χ1) is 5.73. The molecule has 0 radical (unpaired) electrons. The molecule has 1 heterocycles. The molecule has 12 heavy (non-hydrogen) atoms. The second-order valence-electron chi connectivity index (χ2n) is 2.85. The Morgan fingerprint density at radius 3 is 3.00 bits per heavy atom. The van der Waals surface area contributed by atoms with Crippen molar-refractivity contribution < 1.29 is 14.6 Å². The largest absolute Gasteiger partial charge is 0.378 e. The lowest BCUT2D eigenvalue weighted by atomic mass is 9.92. The Labute approximate surface area is 72.7 Å². The normalized spacial score (nSPS) is 35.4.